The highest BCUT2D eigenvalue weighted by atomic mass is 16.5. The first-order chi connectivity index (χ1) is 6.33. The standard InChI is InChI=1S/C9H12N2O2/c1-2-7-13-9(12)3-5-11-6-4-10-8-11/h2,4,6,8H,1,3,5,7H2. The lowest BCUT2D eigenvalue weighted by Gasteiger charge is -2.01. The fourth-order valence-electron chi connectivity index (χ4n) is 0.863. The summed E-state index contributed by atoms with van der Waals surface area (Å²) in [4.78, 5) is 14.9. The van der Waals surface area contributed by atoms with Gasteiger partial charge in [-0.2, -0.15) is 0 Å². The van der Waals surface area contributed by atoms with Crippen LogP contribution in [-0.2, 0) is 16.1 Å². The molecule has 70 valence electrons. The first-order valence-corrected chi connectivity index (χ1v) is 4.05. The molecule has 0 atom stereocenters. The fourth-order valence-corrected chi connectivity index (χ4v) is 0.863. The van der Waals surface area contributed by atoms with Crippen molar-refractivity contribution in [3.63, 3.8) is 0 Å². The van der Waals surface area contributed by atoms with Crippen LogP contribution in [0.1, 0.15) is 6.42 Å². The van der Waals surface area contributed by atoms with Gasteiger partial charge in [0.25, 0.3) is 0 Å². The molecule has 1 rings (SSSR count). The molecule has 0 unspecified atom stereocenters. The van der Waals surface area contributed by atoms with E-state index in [1.165, 1.54) is 0 Å². The molecule has 0 saturated carbocycles. The lowest BCUT2D eigenvalue weighted by molar-refractivity contribution is -0.142. The Hall–Kier alpha value is -1.58. The molecule has 0 aromatic carbocycles. The average molecular weight is 180 g/mol. The minimum atomic E-state index is -0.214. The molecule has 0 aliphatic heterocycles. The Morgan fingerprint density at radius 2 is 2.54 bits per heavy atom. The van der Waals surface area contributed by atoms with Crippen molar-refractivity contribution in [2.24, 2.45) is 0 Å². The van der Waals surface area contributed by atoms with Crippen LogP contribution < -0.4 is 0 Å². The lowest BCUT2D eigenvalue weighted by atomic mass is 10.4. The number of carbonyl (C=O) groups is 1. The first kappa shape index (κ1) is 9.51. The van der Waals surface area contributed by atoms with Gasteiger partial charge in [-0.15, -0.1) is 0 Å². The molecule has 0 bridgehead atoms. The van der Waals surface area contributed by atoms with Crippen LogP contribution in [-0.4, -0.2) is 22.1 Å². The summed E-state index contributed by atoms with van der Waals surface area (Å²) in [6, 6.07) is 0. The first-order valence-electron chi connectivity index (χ1n) is 4.05. The van der Waals surface area contributed by atoms with Crippen LogP contribution in [0.3, 0.4) is 0 Å². The van der Waals surface area contributed by atoms with E-state index in [2.05, 4.69) is 11.6 Å². The minimum Gasteiger partial charge on any atom is -0.461 e. The van der Waals surface area contributed by atoms with E-state index in [9.17, 15) is 4.79 Å². The van der Waals surface area contributed by atoms with Gasteiger partial charge in [-0.3, -0.25) is 4.79 Å². The molecule has 0 radical (unpaired) electrons. The van der Waals surface area contributed by atoms with Crippen LogP contribution in [0.25, 0.3) is 0 Å². The zero-order valence-electron chi connectivity index (χ0n) is 7.35. The van der Waals surface area contributed by atoms with Crippen LogP contribution in [0.5, 0.6) is 0 Å². The summed E-state index contributed by atoms with van der Waals surface area (Å²) >= 11 is 0. The molecule has 0 saturated heterocycles. The van der Waals surface area contributed by atoms with Crippen molar-refractivity contribution in [1.29, 1.82) is 0 Å². The number of hydrogen-bond acceptors (Lipinski definition) is 3. The molecule has 13 heavy (non-hydrogen) atoms. The van der Waals surface area contributed by atoms with Gasteiger partial charge in [0.15, 0.2) is 0 Å². The summed E-state index contributed by atoms with van der Waals surface area (Å²) in [5.41, 5.74) is 0. The number of aryl methyl sites for hydroxylation is 1. The van der Waals surface area contributed by atoms with E-state index in [1.807, 2.05) is 4.57 Å². The number of ether oxygens (including phenoxy) is 1. The molecule has 1 heterocycles. The Morgan fingerprint density at radius 1 is 1.69 bits per heavy atom. The van der Waals surface area contributed by atoms with Crippen molar-refractivity contribution >= 4 is 5.97 Å². The second-order valence-electron chi connectivity index (χ2n) is 2.52. The molecule has 1 aromatic rings. The van der Waals surface area contributed by atoms with Crippen molar-refractivity contribution in [3.05, 3.63) is 31.4 Å². The van der Waals surface area contributed by atoms with E-state index in [-0.39, 0.29) is 12.6 Å². The van der Waals surface area contributed by atoms with E-state index in [0.29, 0.717) is 13.0 Å². The Morgan fingerprint density at radius 3 is 3.15 bits per heavy atom. The third-order valence-corrected chi connectivity index (χ3v) is 1.50. The summed E-state index contributed by atoms with van der Waals surface area (Å²) in [7, 11) is 0. The van der Waals surface area contributed by atoms with Crippen LogP contribution in [0, 0.1) is 0 Å². The van der Waals surface area contributed by atoms with E-state index in [0.717, 1.165) is 0 Å². The number of imidazole rings is 1. The van der Waals surface area contributed by atoms with Crippen LogP contribution in [0.4, 0.5) is 0 Å². The van der Waals surface area contributed by atoms with Gasteiger partial charge in [-0.25, -0.2) is 4.98 Å². The number of hydrogen-bond donors (Lipinski definition) is 0. The number of carbonyl (C=O) groups excluding carboxylic acids is 1. The van der Waals surface area contributed by atoms with Gasteiger partial charge in [0.1, 0.15) is 6.61 Å². The number of nitrogens with zero attached hydrogens (tertiary/aromatic N) is 2. The Labute approximate surface area is 76.8 Å². The second kappa shape index (κ2) is 5.13. The van der Waals surface area contributed by atoms with Gasteiger partial charge in [-0.05, 0) is 0 Å². The quantitative estimate of drug-likeness (QED) is 0.501. The summed E-state index contributed by atoms with van der Waals surface area (Å²) < 4.78 is 6.63. The van der Waals surface area contributed by atoms with Crippen molar-refractivity contribution < 1.29 is 9.53 Å². The molecule has 1 aromatic heterocycles. The topological polar surface area (TPSA) is 44.1 Å². The third kappa shape index (κ3) is 3.55. The predicted octanol–water partition coefficient (Wildman–Crippen LogP) is 1.00. The maximum absolute atomic E-state index is 11.0. The normalized spacial score (nSPS) is 9.54. The molecule has 0 fully saturated rings. The summed E-state index contributed by atoms with van der Waals surface area (Å²) in [5, 5.41) is 0. The second-order valence-corrected chi connectivity index (χ2v) is 2.52. The molecule has 4 nitrogen and oxygen atoms in total. The van der Waals surface area contributed by atoms with Gasteiger partial charge in [0.2, 0.25) is 0 Å². The zero-order chi connectivity index (χ0) is 9.52. The third-order valence-electron chi connectivity index (χ3n) is 1.50. The van der Waals surface area contributed by atoms with Crippen LogP contribution >= 0.6 is 0 Å². The zero-order valence-corrected chi connectivity index (χ0v) is 7.35. The molecular formula is C9H12N2O2. The van der Waals surface area contributed by atoms with Gasteiger partial charge < -0.3 is 9.30 Å². The summed E-state index contributed by atoms with van der Waals surface area (Å²) in [6.45, 7) is 4.34. The van der Waals surface area contributed by atoms with E-state index < -0.39 is 0 Å². The highest BCUT2D eigenvalue weighted by Gasteiger charge is 2.00. The van der Waals surface area contributed by atoms with Gasteiger partial charge >= 0.3 is 5.97 Å². The molecule has 0 amide bonds. The summed E-state index contributed by atoms with van der Waals surface area (Å²) in [5.74, 6) is -0.214. The van der Waals surface area contributed by atoms with E-state index in [4.69, 9.17) is 4.74 Å². The smallest absolute Gasteiger partial charge is 0.307 e. The molecule has 0 N–H and O–H groups in total. The highest BCUT2D eigenvalue weighted by molar-refractivity contribution is 5.69. The molecule has 4 heteroatoms. The molecule has 0 aliphatic carbocycles. The molecular weight excluding hydrogens is 168 g/mol. The minimum absolute atomic E-state index is 0.214. The van der Waals surface area contributed by atoms with Crippen molar-refractivity contribution in [2.75, 3.05) is 6.61 Å². The Bertz CT molecular complexity index is 267. The summed E-state index contributed by atoms with van der Waals surface area (Å²) in [6.07, 6.45) is 7.07. The number of esters is 1. The SMILES string of the molecule is C=CCOC(=O)CCn1ccnc1. The monoisotopic (exact) mass is 180 g/mol. The van der Waals surface area contributed by atoms with Gasteiger partial charge in [-0.1, -0.05) is 12.7 Å². The van der Waals surface area contributed by atoms with Crippen molar-refractivity contribution in [3.8, 4) is 0 Å². The van der Waals surface area contributed by atoms with Crippen molar-refractivity contribution in [2.45, 2.75) is 13.0 Å². The van der Waals surface area contributed by atoms with Crippen LogP contribution in [0.2, 0.25) is 0 Å². The van der Waals surface area contributed by atoms with E-state index in [1.54, 1.807) is 24.8 Å². The fraction of sp³-hybridized carbons (Fsp3) is 0.333. The van der Waals surface area contributed by atoms with Gasteiger partial charge in [0, 0.05) is 18.9 Å². The largest absolute Gasteiger partial charge is 0.461 e. The molecule has 0 aliphatic rings. The molecule has 0 spiro atoms. The van der Waals surface area contributed by atoms with Gasteiger partial charge in [0.05, 0.1) is 12.7 Å². The highest BCUT2D eigenvalue weighted by Crippen LogP contribution is 1.93. The average Bonchev–Trinajstić information content (AvgIpc) is 2.64. The Kier molecular flexibility index (Phi) is 3.75. The maximum atomic E-state index is 11.0. The van der Waals surface area contributed by atoms with Crippen molar-refractivity contribution in [1.82, 2.24) is 9.55 Å². The number of aromatic nitrogens is 2. The maximum Gasteiger partial charge on any atom is 0.307 e. The lowest BCUT2D eigenvalue weighted by Crippen LogP contribution is -2.08. The number of rotatable bonds is 5. The Balaban J connectivity index is 2.19. The van der Waals surface area contributed by atoms with E-state index >= 15 is 0 Å². The van der Waals surface area contributed by atoms with Crippen LogP contribution in [0.15, 0.2) is 31.4 Å². The predicted molar refractivity (Wildman–Crippen MR) is 48.0 cm³/mol.